The van der Waals surface area contributed by atoms with E-state index in [9.17, 15) is 4.79 Å². The highest BCUT2D eigenvalue weighted by Gasteiger charge is 2.07. The van der Waals surface area contributed by atoms with Crippen LogP contribution < -0.4 is 0 Å². The van der Waals surface area contributed by atoms with Gasteiger partial charge in [-0.3, -0.25) is 0 Å². The maximum atomic E-state index is 10.9. The molecule has 17 heavy (non-hydrogen) atoms. The van der Waals surface area contributed by atoms with Crippen LogP contribution in [0.3, 0.4) is 0 Å². The van der Waals surface area contributed by atoms with Gasteiger partial charge >= 0.3 is 5.97 Å². The number of carbonyl (C=O) groups is 1. The van der Waals surface area contributed by atoms with Gasteiger partial charge in [0.15, 0.2) is 0 Å². The highest BCUT2D eigenvalue weighted by Crippen LogP contribution is 2.19. The minimum Gasteiger partial charge on any atom is -0.478 e. The Balaban J connectivity index is 2.75. The first-order chi connectivity index (χ1) is 8.15. The number of carboxylic acids is 1. The van der Waals surface area contributed by atoms with E-state index in [0.29, 0.717) is 17.4 Å². The number of benzene rings is 1. The van der Waals surface area contributed by atoms with Crippen molar-refractivity contribution >= 4 is 28.0 Å². The van der Waals surface area contributed by atoms with E-state index in [2.05, 4.69) is 26.0 Å². The molecule has 0 aliphatic rings. The zero-order valence-corrected chi connectivity index (χ0v) is 10.5. The van der Waals surface area contributed by atoms with E-state index in [1.54, 1.807) is 24.3 Å². The maximum absolute atomic E-state index is 10.9. The molecule has 88 valence electrons. The van der Waals surface area contributed by atoms with Crippen LogP contribution in [0.15, 0.2) is 33.9 Å². The summed E-state index contributed by atoms with van der Waals surface area (Å²) in [5.41, 5.74) is 9.10. The molecule has 0 saturated carbocycles. The molecule has 6 heteroatoms. The topological polar surface area (TPSA) is 86.1 Å². The molecule has 0 spiro atoms. The summed E-state index contributed by atoms with van der Waals surface area (Å²) in [5, 5.41) is 12.3. The molecule has 0 atom stereocenters. The second-order valence-electron chi connectivity index (χ2n) is 3.19. The Kier molecular flexibility index (Phi) is 5.26. The van der Waals surface area contributed by atoms with Gasteiger partial charge in [0.05, 0.1) is 5.56 Å². The Morgan fingerprint density at radius 3 is 3.00 bits per heavy atom. The van der Waals surface area contributed by atoms with Crippen molar-refractivity contribution < 1.29 is 9.90 Å². The molecule has 1 aromatic carbocycles. The summed E-state index contributed by atoms with van der Waals surface area (Å²) < 4.78 is 0.552. The lowest BCUT2D eigenvalue weighted by molar-refractivity contribution is 0.0696. The SMILES string of the molecule is [N-]=[N+]=NCCC=Cc1ccc(Br)c(C(=O)O)c1. The van der Waals surface area contributed by atoms with Crippen molar-refractivity contribution in [2.45, 2.75) is 6.42 Å². The Morgan fingerprint density at radius 1 is 1.59 bits per heavy atom. The fourth-order valence-electron chi connectivity index (χ4n) is 1.21. The number of halogens is 1. The molecule has 0 radical (unpaired) electrons. The Bertz CT molecular complexity index is 493. The van der Waals surface area contributed by atoms with Crippen molar-refractivity contribution in [2.24, 2.45) is 5.11 Å². The van der Waals surface area contributed by atoms with Gasteiger partial charge in [-0.2, -0.15) is 0 Å². The van der Waals surface area contributed by atoms with Crippen LogP contribution in [-0.2, 0) is 0 Å². The lowest BCUT2D eigenvalue weighted by Crippen LogP contribution is -1.97. The van der Waals surface area contributed by atoms with Crippen molar-refractivity contribution in [2.75, 3.05) is 6.54 Å². The fourth-order valence-corrected chi connectivity index (χ4v) is 1.62. The normalized spacial score (nSPS) is 10.2. The Morgan fingerprint density at radius 2 is 2.35 bits per heavy atom. The van der Waals surface area contributed by atoms with Gasteiger partial charge in [0.25, 0.3) is 0 Å². The highest BCUT2D eigenvalue weighted by atomic mass is 79.9. The molecule has 0 bridgehead atoms. The van der Waals surface area contributed by atoms with Crippen LogP contribution >= 0.6 is 15.9 Å². The monoisotopic (exact) mass is 295 g/mol. The van der Waals surface area contributed by atoms with E-state index in [4.69, 9.17) is 10.6 Å². The predicted octanol–water partition coefficient (Wildman–Crippen LogP) is 3.86. The van der Waals surface area contributed by atoms with E-state index in [0.717, 1.165) is 5.56 Å². The number of hydrogen-bond donors (Lipinski definition) is 1. The molecule has 0 saturated heterocycles. The third kappa shape index (κ3) is 4.30. The maximum Gasteiger partial charge on any atom is 0.336 e. The van der Waals surface area contributed by atoms with E-state index >= 15 is 0 Å². The predicted molar refractivity (Wildman–Crippen MR) is 68.8 cm³/mol. The van der Waals surface area contributed by atoms with E-state index in [1.165, 1.54) is 0 Å². The largest absolute Gasteiger partial charge is 0.478 e. The zero-order valence-electron chi connectivity index (χ0n) is 8.88. The molecular formula is C11H10BrN3O2. The Labute approximate surface area is 107 Å². The number of azide groups is 1. The van der Waals surface area contributed by atoms with Gasteiger partial charge in [-0.1, -0.05) is 23.3 Å². The molecule has 0 aliphatic carbocycles. The summed E-state index contributed by atoms with van der Waals surface area (Å²) in [6, 6.07) is 5.08. The van der Waals surface area contributed by atoms with Gasteiger partial charge < -0.3 is 5.11 Å². The smallest absolute Gasteiger partial charge is 0.336 e. The van der Waals surface area contributed by atoms with E-state index in [-0.39, 0.29) is 5.56 Å². The number of nitrogens with zero attached hydrogens (tertiary/aromatic N) is 3. The summed E-state index contributed by atoms with van der Waals surface area (Å²) in [6.45, 7) is 0.398. The van der Waals surface area contributed by atoms with Crippen LogP contribution in [0.1, 0.15) is 22.3 Å². The zero-order chi connectivity index (χ0) is 12.7. The number of aromatic carboxylic acids is 1. The van der Waals surface area contributed by atoms with Crippen LogP contribution in [0.5, 0.6) is 0 Å². The number of rotatable bonds is 5. The summed E-state index contributed by atoms with van der Waals surface area (Å²) in [4.78, 5) is 13.5. The third-order valence-electron chi connectivity index (χ3n) is 1.99. The number of carboxylic acid groups (broad SMARTS) is 1. The van der Waals surface area contributed by atoms with Crippen LogP contribution in [-0.4, -0.2) is 17.6 Å². The van der Waals surface area contributed by atoms with Gasteiger partial charge in [-0.15, -0.1) is 0 Å². The fraction of sp³-hybridized carbons (Fsp3) is 0.182. The average Bonchev–Trinajstić information content (AvgIpc) is 2.30. The van der Waals surface area contributed by atoms with Gasteiger partial charge in [-0.25, -0.2) is 4.79 Å². The second-order valence-corrected chi connectivity index (χ2v) is 4.04. The Hall–Kier alpha value is -1.78. The molecule has 5 nitrogen and oxygen atoms in total. The molecule has 0 amide bonds. The number of hydrogen-bond acceptors (Lipinski definition) is 2. The summed E-state index contributed by atoms with van der Waals surface area (Å²) in [5.74, 6) is -0.971. The minimum absolute atomic E-state index is 0.224. The van der Waals surface area contributed by atoms with Crippen LogP contribution in [0.2, 0.25) is 0 Å². The second kappa shape index (κ2) is 6.73. The van der Waals surface area contributed by atoms with Crippen molar-refractivity contribution in [3.63, 3.8) is 0 Å². The molecule has 1 aromatic rings. The molecule has 0 aromatic heterocycles. The van der Waals surface area contributed by atoms with Gasteiger partial charge in [0, 0.05) is 15.9 Å². The average molecular weight is 296 g/mol. The van der Waals surface area contributed by atoms with Crippen molar-refractivity contribution in [3.05, 3.63) is 50.3 Å². The van der Waals surface area contributed by atoms with Crippen molar-refractivity contribution in [1.29, 1.82) is 0 Å². The summed E-state index contributed by atoms with van der Waals surface area (Å²) in [6.07, 6.45) is 4.26. The molecule has 0 aliphatic heterocycles. The van der Waals surface area contributed by atoms with Crippen LogP contribution in [0, 0.1) is 0 Å². The van der Waals surface area contributed by atoms with Gasteiger partial charge in [0.1, 0.15) is 0 Å². The van der Waals surface area contributed by atoms with Crippen LogP contribution in [0.4, 0.5) is 0 Å². The summed E-state index contributed by atoms with van der Waals surface area (Å²) in [7, 11) is 0. The van der Waals surface area contributed by atoms with E-state index < -0.39 is 5.97 Å². The molecule has 0 unspecified atom stereocenters. The summed E-state index contributed by atoms with van der Waals surface area (Å²) >= 11 is 3.17. The van der Waals surface area contributed by atoms with Gasteiger partial charge in [-0.05, 0) is 45.6 Å². The quantitative estimate of drug-likeness (QED) is 0.387. The lowest BCUT2D eigenvalue weighted by Gasteiger charge is -2.00. The molecule has 0 heterocycles. The van der Waals surface area contributed by atoms with Crippen LogP contribution in [0.25, 0.3) is 16.5 Å². The van der Waals surface area contributed by atoms with E-state index in [1.807, 2.05) is 6.08 Å². The standard InChI is InChI=1S/C11H10BrN3O2/c12-10-5-4-8(7-9(10)11(16)17)3-1-2-6-14-15-13/h1,3-5,7H,2,6H2,(H,16,17). The third-order valence-corrected chi connectivity index (χ3v) is 2.68. The first kappa shape index (κ1) is 13.3. The molecule has 1 N–H and O–H groups in total. The molecule has 0 fully saturated rings. The van der Waals surface area contributed by atoms with Crippen molar-refractivity contribution in [3.8, 4) is 0 Å². The molecule has 1 rings (SSSR count). The van der Waals surface area contributed by atoms with Gasteiger partial charge in [0.2, 0.25) is 0 Å². The van der Waals surface area contributed by atoms with Crippen molar-refractivity contribution in [1.82, 2.24) is 0 Å². The first-order valence-corrected chi connectivity index (χ1v) is 5.64. The first-order valence-electron chi connectivity index (χ1n) is 4.85. The minimum atomic E-state index is -0.971. The molecular weight excluding hydrogens is 286 g/mol. The lowest BCUT2D eigenvalue weighted by atomic mass is 10.1. The highest BCUT2D eigenvalue weighted by molar-refractivity contribution is 9.10.